The van der Waals surface area contributed by atoms with Crippen LogP contribution in [0, 0.1) is 5.92 Å². The molecule has 1 fully saturated rings. The van der Waals surface area contributed by atoms with Gasteiger partial charge in [-0.3, -0.25) is 0 Å². The van der Waals surface area contributed by atoms with Crippen molar-refractivity contribution in [3.05, 3.63) is 0 Å². The minimum absolute atomic E-state index is 0.316. The number of rotatable bonds is 4. The molecule has 0 aliphatic carbocycles. The van der Waals surface area contributed by atoms with E-state index in [4.69, 9.17) is 22.7 Å². The molecule has 0 aromatic heterocycles. The van der Waals surface area contributed by atoms with Crippen molar-refractivity contribution >= 4 is 17.2 Å². The van der Waals surface area contributed by atoms with Gasteiger partial charge in [-0.05, 0) is 32.9 Å². The minimum atomic E-state index is 0.316. The van der Waals surface area contributed by atoms with Crippen molar-refractivity contribution in [1.82, 2.24) is 4.90 Å². The maximum atomic E-state index is 5.63. The molecule has 14 heavy (non-hydrogen) atoms. The topological polar surface area (TPSA) is 38.5 Å². The molecule has 0 aromatic carbocycles. The third-order valence-corrected chi connectivity index (χ3v) is 3.24. The van der Waals surface area contributed by atoms with Crippen LogP contribution in [0.3, 0.4) is 0 Å². The van der Waals surface area contributed by atoms with Gasteiger partial charge < -0.3 is 15.4 Å². The van der Waals surface area contributed by atoms with Crippen molar-refractivity contribution in [3.8, 4) is 0 Å². The molecule has 1 unspecified atom stereocenters. The van der Waals surface area contributed by atoms with Crippen molar-refractivity contribution in [3.63, 3.8) is 0 Å². The molecule has 1 saturated heterocycles. The molecule has 0 amide bonds. The van der Waals surface area contributed by atoms with Crippen LogP contribution in [0.2, 0.25) is 0 Å². The second kappa shape index (κ2) is 5.63. The van der Waals surface area contributed by atoms with E-state index in [0.717, 1.165) is 32.5 Å². The Balaban J connectivity index is 2.25. The van der Waals surface area contributed by atoms with E-state index in [1.807, 2.05) is 0 Å². The number of thiocarbonyl (C=S) groups is 1. The van der Waals surface area contributed by atoms with Crippen LogP contribution >= 0.6 is 12.2 Å². The van der Waals surface area contributed by atoms with Crippen molar-refractivity contribution in [2.24, 2.45) is 11.7 Å². The van der Waals surface area contributed by atoms with Crippen LogP contribution in [-0.4, -0.2) is 42.7 Å². The number of nitrogens with two attached hydrogens (primary N) is 1. The Labute approximate surface area is 91.6 Å². The summed E-state index contributed by atoms with van der Waals surface area (Å²) < 4.78 is 5.24. The Morgan fingerprint density at radius 3 is 2.57 bits per heavy atom. The summed E-state index contributed by atoms with van der Waals surface area (Å²) in [4.78, 5) is 3.10. The standard InChI is InChI=1S/C10H20N2OS/c1-8(13-2)7-12-5-3-9(4-6-12)10(11)14/h8-9H,3-7H2,1-2H3,(H2,11,14). The number of hydrogen-bond donors (Lipinski definition) is 1. The molecular weight excluding hydrogens is 196 g/mol. The highest BCUT2D eigenvalue weighted by atomic mass is 32.1. The number of ether oxygens (including phenoxy) is 1. The first-order chi connectivity index (χ1) is 6.63. The van der Waals surface area contributed by atoms with E-state index in [-0.39, 0.29) is 0 Å². The molecule has 1 aliphatic rings. The molecule has 82 valence electrons. The van der Waals surface area contributed by atoms with E-state index in [1.54, 1.807) is 7.11 Å². The van der Waals surface area contributed by atoms with Crippen molar-refractivity contribution in [2.75, 3.05) is 26.7 Å². The molecule has 1 heterocycles. The largest absolute Gasteiger partial charge is 0.393 e. The number of piperidine rings is 1. The number of nitrogens with zero attached hydrogens (tertiary/aromatic N) is 1. The van der Waals surface area contributed by atoms with Gasteiger partial charge in [0.05, 0.1) is 11.1 Å². The first-order valence-corrected chi connectivity index (χ1v) is 5.58. The molecular formula is C10H20N2OS. The number of likely N-dealkylation sites (tertiary alicyclic amines) is 1. The lowest BCUT2D eigenvalue weighted by atomic mass is 9.97. The SMILES string of the molecule is COC(C)CN1CCC(C(N)=S)CC1. The zero-order chi connectivity index (χ0) is 10.6. The summed E-state index contributed by atoms with van der Waals surface area (Å²) in [6, 6.07) is 0. The normalized spacial score (nSPS) is 22.1. The summed E-state index contributed by atoms with van der Waals surface area (Å²) in [6.07, 6.45) is 2.52. The Morgan fingerprint density at radius 2 is 2.14 bits per heavy atom. The zero-order valence-electron chi connectivity index (χ0n) is 9.03. The van der Waals surface area contributed by atoms with Crippen LogP contribution in [0.25, 0.3) is 0 Å². The highest BCUT2D eigenvalue weighted by Gasteiger charge is 2.21. The lowest BCUT2D eigenvalue weighted by molar-refractivity contribution is 0.0669. The van der Waals surface area contributed by atoms with Gasteiger partial charge >= 0.3 is 0 Å². The van der Waals surface area contributed by atoms with Crippen LogP contribution in [-0.2, 0) is 4.74 Å². The predicted octanol–water partition coefficient (Wildman–Crippen LogP) is 1.02. The summed E-state index contributed by atoms with van der Waals surface area (Å²) >= 11 is 5.00. The Bertz CT molecular complexity index is 191. The molecule has 0 saturated carbocycles. The van der Waals surface area contributed by atoms with E-state index < -0.39 is 0 Å². The second-order valence-electron chi connectivity index (χ2n) is 4.02. The minimum Gasteiger partial charge on any atom is -0.393 e. The summed E-state index contributed by atoms with van der Waals surface area (Å²) in [6.45, 7) is 5.30. The molecule has 1 aliphatic heterocycles. The fourth-order valence-electron chi connectivity index (χ4n) is 1.84. The molecule has 1 rings (SSSR count). The maximum Gasteiger partial charge on any atom is 0.0759 e. The van der Waals surface area contributed by atoms with Gasteiger partial charge in [-0.1, -0.05) is 12.2 Å². The van der Waals surface area contributed by atoms with Crippen molar-refractivity contribution in [2.45, 2.75) is 25.9 Å². The van der Waals surface area contributed by atoms with Crippen LogP contribution in [0.1, 0.15) is 19.8 Å². The molecule has 3 nitrogen and oxygen atoms in total. The Morgan fingerprint density at radius 1 is 1.57 bits per heavy atom. The highest BCUT2D eigenvalue weighted by Crippen LogP contribution is 2.17. The van der Waals surface area contributed by atoms with Crippen molar-refractivity contribution in [1.29, 1.82) is 0 Å². The van der Waals surface area contributed by atoms with Gasteiger partial charge in [-0.2, -0.15) is 0 Å². The van der Waals surface area contributed by atoms with Crippen LogP contribution in [0.4, 0.5) is 0 Å². The van der Waals surface area contributed by atoms with Gasteiger partial charge in [0.1, 0.15) is 0 Å². The summed E-state index contributed by atoms with van der Waals surface area (Å²) in [5.41, 5.74) is 5.63. The maximum absolute atomic E-state index is 5.63. The second-order valence-corrected chi connectivity index (χ2v) is 4.49. The van der Waals surface area contributed by atoms with Crippen LogP contribution in [0.5, 0.6) is 0 Å². The smallest absolute Gasteiger partial charge is 0.0759 e. The zero-order valence-corrected chi connectivity index (χ0v) is 9.85. The molecule has 0 radical (unpaired) electrons. The third kappa shape index (κ3) is 3.52. The average molecular weight is 216 g/mol. The number of methoxy groups -OCH3 is 1. The summed E-state index contributed by atoms with van der Waals surface area (Å²) in [5.74, 6) is 0.458. The quantitative estimate of drug-likeness (QED) is 0.712. The van der Waals surface area contributed by atoms with E-state index in [2.05, 4.69) is 11.8 Å². The van der Waals surface area contributed by atoms with Gasteiger partial charge in [-0.25, -0.2) is 0 Å². The van der Waals surface area contributed by atoms with Gasteiger partial charge in [0.2, 0.25) is 0 Å². The van der Waals surface area contributed by atoms with Crippen LogP contribution in [0.15, 0.2) is 0 Å². The highest BCUT2D eigenvalue weighted by molar-refractivity contribution is 7.80. The lowest BCUT2D eigenvalue weighted by Gasteiger charge is -2.32. The molecule has 1 atom stereocenters. The van der Waals surface area contributed by atoms with E-state index in [1.165, 1.54) is 0 Å². The van der Waals surface area contributed by atoms with Gasteiger partial charge in [0.25, 0.3) is 0 Å². The summed E-state index contributed by atoms with van der Waals surface area (Å²) in [7, 11) is 1.76. The number of hydrogen-bond acceptors (Lipinski definition) is 3. The fourth-order valence-corrected chi connectivity index (χ4v) is 2.07. The molecule has 4 heteroatoms. The first kappa shape index (κ1) is 11.9. The lowest BCUT2D eigenvalue weighted by Crippen LogP contribution is -2.41. The molecule has 2 N–H and O–H groups in total. The molecule has 0 bridgehead atoms. The van der Waals surface area contributed by atoms with Gasteiger partial charge in [0, 0.05) is 19.6 Å². The van der Waals surface area contributed by atoms with Gasteiger partial charge in [-0.15, -0.1) is 0 Å². The fraction of sp³-hybridized carbons (Fsp3) is 0.900. The molecule has 0 aromatic rings. The summed E-state index contributed by atoms with van der Waals surface area (Å²) in [5, 5.41) is 0. The Hall–Kier alpha value is -0.190. The first-order valence-electron chi connectivity index (χ1n) is 5.18. The van der Waals surface area contributed by atoms with Crippen molar-refractivity contribution < 1.29 is 4.74 Å². The van der Waals surface area contributed by atoms with E-state index >= 15 is 0 Å². The van der Waals surface area contributed by atoms with E-state index in [0.29, 0.717) is 17.0 Å². The molecule has 0 spiro atoms. The Kier molecular flexibility index (Phi) is 4.78. The third-order valence-electron chi connectivity index (χ3n) is 2.91. The van der Waals surface area contributed by atoms with Crippen LogP contribution < -0.4 is 5.73 Å². The van der Waals surface area contributed by atoms with E-state index in [9.17, 15) is 0 Å². The monoisotopic (exact) mass is 216 g/mol. The van der Waals surface area contributed by atoms with Gasteiger partial charge in [0.15, 0.2) is 0 Å². The average Bonchev–Trinajstić information content (AvgIpc) is 2.18. The predicted molar refractivity (Wildman–Crippen MR) is 62.4 cm³/mol.